The van der Waals surface area contributed by atoms with Crippen LogP contribution in [0.4, 0.5) is 4.39 Å². The van der Waals surface area contributed by atoms with Gasteiger partial charge < -0.3 is 19.3 Å². The lowest BCUT2D eigenvalue weighted by molar-refractivity contribution is -0.167. The van der Waals surface area contributed by atoms with Crippen molar-refractivity contribution < 1.29 is 28.2 Å². The fourth-order valence-electron chi connectivity index (χ4n) is 4.14. The predicted molar refractivity (Wildman–Crippen MR) is 118 cm³/mol. The molecule has 2 fully saturated rings. The molecule has 2 aromatic rings. The van der Waals surface area contributed by atoms with E-state index < -0.39 is 23.8 Å². The van der Waals surface area contributed by atoms with E-state index in [1.807, 2.05) is 18.2 Å². The molecule has 0 aliphatic carbocycles. The lowest BCUT2D eigenvalue weighted by Gasteiger charge is -2.33. The molecule has 33 heavy (non-hydrogen) atoms. The van der Waals surface area contributed by atoms with Gasteiger partial charge in [0.2, 0.25) is 6.10 Å². The van der Waals surface area contributed by atoms with Gasteiger partial charge in [0.25, 0.3) is 11.8 Å². The molecule has 1 atom stereocenters. The van der Waals surface area contributed by atoms with Gasteiger partial charge in [0, 0.05) is 37.3 Å². The number of ether oxygens (including phenoxy) is 2. The quantitative estimate of drug-likeness (QED) is 0.650. The largest absolute Gasteiger partial charge is 0.447 e. The number of piperidine rings is 1. The van der Waals surface area contributed by atoms with Crippen LogP contribution in [0.25, 0.3) is 0 Å². The summed E-state index contributed by atoms with van der Waals surface area (Å²) in [4.78, 5) is 42.1. The second-order valence-corrected chi connectivity index (χ2v) is 8.24. The minimum absolute atomic E-state index is 0.188. The van der Waals surface area contributed by atoms with E-state index in [1.165, 1.54) is 24.3 Å². The first-order valence-corrected chi connectivity index (χ1v) is 11.2. The van der Waals surface area contributed by atoms with E-state index in [2.05, 4.69) is 0 Å². The molecule has 0 spiro atoms. The van der Waals surface area contributed by atoms with Crippen molar-refractivity contribution >= 4 is 17.8 Å². The van der Waals surface area contributed by atoms with Gasteiger partial charge in [-0.05, 0) is 37.1 Å². The highest BCUT2D eigenvalue weighted by atomic mass is 19.1. The highest BCUT2D eigenvalue weighted by Crippen LogP contribution is 2.26. The van der Waals surface area contributed by atoms with Crippen LogP contribution in [0.1, 0.15) is 34.9 Å². The molecule has 2 aliphatic heterocycles. The van der Waals surface area contributed by atoms with Crippen molar-refractivity contribution in [3.05, 3.63) is 71.5 Å². The van der Waals surface area contributed by atoms with Gasteiger partial charge in [-0.1, -0.05) is 30.3 Å². The molecule has 0 aromatic heterocycles. The maximum Gasteiger partial charge on any atom is 0.310 e. The summed E-state index contributed by atoms with van der Waals surface area (Å²) < 4.78 is 24.2. The van der Waals surface area contributed by atoms with Crippen LogP contribution in [0.5, 0.6) is 0 Å². The number of esters is 1. The fourth-order valence-corrected chi connectivity index (χ4v) is 4.14. The molecular formula is C25H27FN2O5. The molecule has 0 N–H and O–H groups in total. The van der Waals surface area contributed by atoms with Crippen molar-refractivity contribution in [2.75, 3.05) is 39.4 Å². The zero-order chi connectivity index (χ0) is 23.2. The Balaban J connectivity index is 1.38. The highest BCUT2D eigenvalue weighted by molar-refractivity contribution is 5.94. The van der Waals surface area contributed by atoms with Gasteiger partial charge in [0.15, 0.2) is 0 Å². The van der Waals surface area contributed by atoms with Crippen LogP contribution < -0.4 is 0 Å². The summed E-state index contributed by atoms with van der Waals surface area (Å²) >= 11 is 0. The van der Waals surface area contributed by atoms with E-state index in [1.54, 1.807) is 21.9 Å². The summed E-state index contributed by atoms with van der Waals surface area (Å²) in [6, 6.07) is 14.4. The van der Waals surface area contributed by atoms with Gasteiger partial charge in [0.1, 0.15) is 5.82 Å². The Kier molecular flexibility index (Phi) is 7.34. The summed E-state index contributed by atoms with van der Waals surface area (Å²) in [5, 5.41) is 0. The smallest absolute Gasteiger partial charge is 0.310 e. The summed E-state index contributed by atoms with van der Waals surface area (Å²) in [6.07, 6.45) is -0.117. The number of nitrogens with zero attached hydrogens (tertiary/aromatic N) is 2. The molecular weight excluding hydrogens is 427 g/mol. The molecule has 0 bridgehead atoms. The summed E-state index contributed by atoms with van der Waals surface area (Å²) in [7, 11) is 0. The normalized spacial score (nSPS) is 18.0. The number of amides is 2. The van der Waals surface area contributed by atoms with Crippen LogP contribution >= 0.6 is 0 Å². The average molecular weight is 454 g/mol. The molecule has 2 aliphatic rings. The monoisotopic (exact) mass is 454 g/mol. The Bertz CT molecular complexity index is 968. The van der Waals surface area contributed by atoms with Crippen LogP contribution in [0, 0.1) is 11.7 Å². The Hall–Kier alpha value is -3.26. The second kappa shape index (κ2) is 10.6. The third kappa shape index (κ3) is 5.57. The molecule has 4 rings (SSSR count). The number of rotatable bonds is 5. The number of benzene rings is 2. The topological polar surface area (TPSA) is 76.2 Å². The van der Waals surface area contributed by atoms with Gasteiger partial charge in [-0.25, -0.2) is 4.39 Å². The average Bonchev–Trinajstić information content (AvgIpc) is 2.88. The van der Waals surface area contributed by atoms with Crippen molar-refractivity contribution in [1.82, 2.24) is 9.80 Å². The molecule has 2 heterocycles. The number of hydrogen-bond acceptors (Lipinski definition) is 5. The summed E-state index contributed by atoms with van der Waals surface area (Å²) in [5.74, 6) is -1.66. The van der Waals surface area contributed by atoms with Crippen LogP contribution in [-0.4, -0.2) is 67.0 Å². The minimum atomic E-state index is -1.00. The van der Waals surface area contributed by atoms with Gasteiger partial charge in [-0.15, -0.1) is 0 Å². The molecule has 2 aromatic carbocycles. The zero-order valence-corrected chi connectivity index (χ0v) is 18.3. The molecule has 1 unspecified atom stereocenters. The van der Waals surface area contributed by atoms with E-state index in [0.29, 0.717) is 63.4 Å². The SMILES string of the molecule is O=C(OC(C(=O)N1CCOCC1)c1ccccc1)C1CCN(C(=O)c2ccc(F)cc2)CC1. The first-order valence-electron chi connectivity index (χ1n) is 11.2. The number of likely N-dealkylation sites (tertiary alicyclic amines) is 1. The fraction of sp³-hybridized carbons (Fsp3) is 0.400. The molecule has 7 nitrogen and oxygen atoms in total. The maximum atomic E-state index is 13.2. The van der Waals surface area contributed by atoms with Crippen LogP contribution in [-0.2, 0) is 19.1 Å². The molecule has 2 amide bonds. The second-order valence-electron chi connectivity index (χ2n) is 8.24. The van der Waals surface area contributed by atoms with Crippen LogP contribution in [0.2, 0.25) is 0 Å². The van der Waals surface area contributed by atoms with Crippen LogP contribution in [0.15, 0.2) is 54.6 Å². The van der Waals surface area contributed by atoms with Gasteiger partial charge in [0.05, 0.1) is 19.1 Å². The number of morpholine rings is 1. The van der Waals surface area contributed by atoms with Crippen molar-refractivity contribution in [1.29, 1.82) is 0 Å². The number of carbonyl (C=O) groups is 3. The Morgan fingerprint density at radius 1 is 0.879 bits per heavy atom. The lowest BCUT2D eigenvalue weighted by Crippen LogP contribution is -2.45. The minimum Gasteiger partial charge on any atom is -0.447 e. The first-order chi connectivity index (χ1) is 16.0. The van der Waals surface area contributed by atoms with Gasteiger partial charge in [-0.3, -0.25) is 14.4 Å². The Labute approximate surface area is 192 Å². The molecule has 0 radical (unpaired) electrons. The van der Waals surface area contributed by atoms with E-state index in [0.717, 1.165) is 0 Å². The third-order valence-electron chi connectivity index (χ3n) is 6.09. The van der Waals surface area contributed by atoms with Crippen molar-refractivity contribution in [3.63, 3.8) is 0 Å². The van der Waals surface area contributed by atoms with Gasteiger partial charge >= 0.3 is 5.97 Å². The first kappa shape index (κ1) is 22.9. The molecule has 2 saturated heterocycles. The van der Waals surface area contributed by atoms with Crippen LogP contribution in [0.3, 0.4) is 0 Å². The zero-order valence-electron chi connectivity index (χ0n) is 18.3. The van der Waals surface area contributed by atoms with E-state index in [-0.39, 0.29) is 11.8 Å². The lowest BCUT2D eigenvalue weighted by atomic mass is 9.96. The number of carbonyl (C=O) groups excluding carboxylic acids is 3. The number of halogens is 1. The molecule has 174 valence electrons. The van der Waals surface area contributed by atoms with E-state index in [4.69, 9.17) is 9.47 Å². The predicted octanol–water partition coefficient (Wildman–Crippen LogP) is 2.82. The third-order valence-corrected chi connectivity index (χ3v) is 6.09. The molecule has 0 saturated carbocycles. The van der Waals surface area contributed by atoms with Crippen molar-refractivity contribution in [2.45, 2.75) is 18.9 Å². The van der Waals surface area contributed by atoms with E-state index in [9.17, 15) is 18.8 Å². The summed E-state index contributed by atoms with van der Waals surface area (Å²) in [6.45, 7) is 2.63. The van der Waals surface area contributed by atoms with Gasteiger partial charge in [-0.2, -0.15) is 0 Å². The number of hydrogen-bond donors (Lipinski definition) is 0. The molecule has 8 heteroatoms. The highest BCUT2D eigenvalue weighted by Gasteiger charge is 2.34. The summed E-state index contributed by atoms with van der Waals surface area (Å²) in [5.41, 5.74) is 1.05. The van der Waals surface area contributed by atoms with E-state index >= 15 is 0 Å². The van der Waals surface area contributed by atoms with Crippen molar-refractivity contribution in [3.8, 4) is 0 Å². The Morgan fingerprint density at radius 3 is 2.15 bits per heavy atom. The standard InChI is InChI=1S/C25H27FN2O5/c26-21-8-6-19(7-9-21)23(29)27-12-10-20(11-13-27)25(31)33-22(18-4-2-1-3-5-18)24(30)28-14-16-32-17-15-28/h1-9,20,22H,10-17H2. The van der Waals surface area contributed by atoms with Crippen molar-refractivity contribution in [2.24, 2.45) is 5.92 Å². The maximum absolute atomic E-state index is 13.2. The Morgan fingerprint density at radius 2 is 1.52 bits per heavy atom.